The Hall–Kier alpha value is -2.40. The molecular weight excluding hydrogens is 312 g/mol. The number of sulfone groups is 1. The Balaban J connectivity index is 2.63. The van der Waals surface area contributed by atoms with Gasteiger partial charge in [0, 0.05) is 0 Å². The van der Waals surface area contributed by atoms with E-state index in [4.69, 9.17) is 4.74 Å². The summed E-state index contributed by atoms with van der Waals surface area (Å²) in [7, 11) is -3.99. The molecule has 23 heavy (non-hydrogen) atoms. The minimum Gasteiger partial charge on any atom is -0.460 e. The SMILES string of the molecule is C=CCOC(=O)C(C)(c1ccccc1)S(=O)(=O)c1ccccc1. The molecule has 0 saturated carbocycles. The van der Waals surface area contributed by atoms with E-state index in [1.807, 2.05) is 0 Å². The van der Waals surface area contributed by atoms with E-state index in [0.29, 0.717) is 5.56 Å². The molecule has 1 atom stereocenters. The van der Waals surface area contributed by atoms with Crippen LogP contribution in [-0.2, 0) is 24.1 Å². The Morgan fingerprint density at radius 2 is 1.61 bits per heavy atom. The van der Waals surface area contributed by atoms with Crippen molar-refractivity contribution in [1.29, 1.82) is 0 Å². The first kappa shape index (κ1) is 17.0. The molecule has 0 aliphatic carbocycles. The Bertz CT molecular complexity index is 782. The fraction of sp³-hybridized carbons (Fsp3) is 0.167. The van der Waals surface area contributed by atoms with Gasteiger partial charge in [-0.25, -0.2) is 13.2 Å². The van der Waals surface area contributed by atoms with Crippen LogP contribution in [0.2, 0.25) is 0 Å². The maximum Gasteiger partial charge on any atom is 0.332 e. The van der Waals surface area contributed by atoms with Crippen LogP contribution in [0.4, 0.5) is 0 Å². The molecule has 1 unspecified atom stereocenters. The van der Waals surface area contributed by atoms with Crippen LogP contribution in [0.5, 0.6) is 0 Å². The largest absolute Gasteiger partial charge is 0.460 e. The summed E-state index contributed by atoms with van der Waals surface area (Å²) in [6, 6.07) is 16.2. The lowest BCUT2D eigenvalue weighted by atomic mass is 10.0. The van der Waals surface area contributed by atoms with Crippen LogP contribution in [0, 0.1) is 0 Å². The van der Waals surface area contributed by atoms with Crippen molar-refractivity contribution in [3.8, 4) is 0 Å². The van der Waals surface area contributed by atoms with Crippen LogP contribution in [-0.4, -0.2) is 21.0 Å². The van der Waals surface area contributed by atoms with Crippen LogP contribution in [0.3, 0.4) is 0 Å². The van der Waals surface area contributed by atoms with Gasteiger partial charge in [-0.3, -0.25) is 0 Å². The van der Waals surface area contributed by atoms with Crippen molar-refractivity contribution >= 4 is 15.8 Å². The van der Waals surface area contributed by atoms with E-state index >= 15 is 0 Å². The number of ether oxygens (including phenoxy) is 1. The van der Waals surface area contributed by atoms with Gasteiger partial charge in [0.25, 0.3) is 0 Å². The summed E-state index contributed by atoms with van der Waals surface area (Å²) < 4.78 is 29.5. The van der Waals surface area contributed by atoms with Gasteiger partial charge in [-0.15, -0.1) is 0 Å². The quantitative estimate of drug-likeness (QED) is 0.603. The van der Waals surface area contributed by atoms with Gasteiger partial charge in [0.1, 0.15) is 6.61 Å². The van der Waals surface area contributed by atoms with Crippen molar-refractivity contribution in [2.24, 2.45) is 0 Å². The number of hydrogen-bond donors (Lipinski definition) is 0. The first-order valence-electron chi connectivity index (χ1n) is 7.08. The first-order valence-corrected chi connectivity index (χ1v) is 8.56. The van der Waals surface area contributed by atoms with E-state index < -0.39 is 20.6 Å². The summed E-state index contributed by atoms with van der Waals surface area (Å²) in [5, 5.41) is 0. The Kier molecular flexibility index (Phi) is 5.01. The van der Waals surface area contributed by atoms with Crippen LogP contribution < -0.4 is 0 Å². The average Bonchev–Trinajstić information content (AvgIpc) is 2.60. The lowest BCUT2D eigenvalue weighted by Gasteiger charge is -2.27. The molecule has 0 heterocycles. The van der Waals surface area contributed by atoms with Gasteiger partial charge >= 0.3 is 5.97 Å². The molecule has 0 N–H and O–H groups in total. The molecule has 0 radical (unpaired) electrons. The highest BCUT2D eigenvalue weighted by Crippen LogP contribution is 2.36. The molecule has 0 aromatic heterocycles. The number of hydrogen-bond acceptors (Lipinski definition) is 4. The molecule has 0 spiro atoms. The smallest absolute Gasteiger partial charge is 0.332 e. The van der Waals surface area contributed by atoms with Crippen LogP contribution >= 0.6 is 0 Å². The fourth-order valence-corrected chi connectivity index (χ4v) is 3.96. The van der Waals surface area contributed by atoms with Crippen LogP contribution in [0.25, 0.3) is 0 Å². The number of rotatable bonds is 6. The number of carbonyl (C=O) groups is 1. The molecule has 4 nitrogen and oxygen atoms in total. The number of carbonyl (C=O) groups excluding carboxylic acids is 1. The predicted molar refractivity (Wildman–Crippen MR) is 88.6 cm³/mol. The molecule has 0 amide bonds. The summed E-state index contributed by atoms with van der Waals surface area (Å²) in [5.74, 6) is -0.826. The molecule has 0 aliphatic rings. The van der Waals surface area contributed by atoms with E-state index in [0.717, 1.165) is 0 Å². The van der Waals surface area contributed by atoms with Gasteiger partial charge in [0.15, 0.2) is 14.6 Å². The van der Waals surface area contributed by atoms with Crippen molar-refractivity contribution in [1.82, 2.24) is 0 Å². The van der Waals surface area contributed by atoms with Crippen molar-refractivity contribution in [2.45, 2.75) is 16.6 Å². The molecule has 2 aromatic carbocycles. The third-order valence-electron chi connectivity index (χ3n) is 3.64. The summed E-state index contributed by atoms with van der Waals surface area (Å²) >= 11 is 0. The Morgan fingerprint density at radius 1 is 1.09 bits per heavy atom. The van der Waals surface area contributed by atoms with Gasteiger partial charge in [0.2, 0.25) is 0 Å². The van der Waals surface area contributed by atoms with Crippen LogP contribution in [0.15, 0.2) is 78.2 Å². The average molecular weight is 330 g/mol. The van der Waals surface area contributed by atoms with Crippen molar-refractivity contribution < 1.29 is 17.9 Å². The molecule has 2 aromatic rings. The molecule has 0 saturated heterocycles. The maximum atomic E-state index is 13.1. The lowest BCUT2D eigenvalue weighted by molar-refractivity contribution is -0.145. The molecule has 2 rings (SSSR count). The van der Waals surface area contributed by atoms with Crippen LogP contribution in [0.1, 0.15) is 12.5 Å². The van der Waals surface area contributed by atoms with Crippen molar-refractivity contribution in [2.75, 3.05) is 6.61 Å². The highest BCUT2D eigenvalue weighted by molar-refractivity contribution is 7.93. The molecule has 120 valence electrons. The number of esters is 1. The molecule has 5 heteroatoms. The third-order valence-corrected chi connectivity index (χ3v) is 6.01. The van der Waals surface area contributed by atoms with Crippen molar-refractivity contribution in [3.63, 3.8) is 0 Å². The zero-order valence-corrected chi connectivity index (χ0v) is 13.6. The van der Waals surface area contributed by atoms with Crippen molar-refractivity contribution in [3.05, 3.63) is 78.9 Å². The van der Waals surface area contributed by atoms with E-state index in [-0.39, 0.29) is 11.5 Å². The zero-order valence-electron chi connectivity index (χ0n) is 12.8. The van der Waals surface area contributed by atoms with E-state index in [9.17, 15) is 13.2 Å². The minimum atomic E-state index is -3.99. The highest BCUT2D eigenvalue weighted by atomic mass is 32.2. The predicted octanol–water partition coefficient (Wildman–Crippen LogP) is 3.10. The molecule has 0 fully saturated rings. The van der Waals surface area contributed by atoms with Gasteiger partial charge in [-0.2, -0.15) is 0 Å². The van der Waals surface area contributed by atoms with Gasteiger partial charge < -0.3 is 4.74 Å². The summed E-state index contributed by atoms with van der Waals surface area (Å²) in [6.07, 6.45) is 1.40. The summed E-state index contributed by atoms with van der Waals surface area (Å²) in [4.78, 5) is 12.7. The van der Waals surface area contributed by atoms with Gasteiger partial charge in [-0.1, -0.05) is 61.2 Å². The standard InChI is InChI=1S/C18H18O4S/c1-3-14-22-17(19)18(2,15-10-6-4-7-11-15)23(20,21)16-12-8-5-9-13-16/h3-13H,1,14H2,2H3. The van der Waals surface area contributed by atoms with E-state index in [1.165, 1.54) is 25.1 Å². The van der Waals surface area contributed by atoms with E-state index in [1.54, 1.807) is 48.5 Å². The van der Waals surface area contributed by atoms with E-state index in [2.05, 4.69) is 6.58 Å². The first-order chi connectivity index (χ1) is 10.9. The zero-order chi connectivity index (χ0) is 16.9. The normalized spacial score (nSPS) is 13.8. The molecular formula is C18H18O4S. The van der Waals surface area contributed by atoms with Gasteiger partial charge in [-0.05, 0) is 24.6 Å². The second-order valence-corrected chi connectivity index (χ2v) is 7.40. The second-order valence-electron chi connectivity index (χ2n) is 5.10. The maximum absolute atomic E-state index is 13.1. The molecule has 0 bridgehead atoms. The number of benzene rings is 2. The Morgan fingerprint density at radius 3 is 2.13 bits per heavy atom. The summed E-state index contributed by atoms with van der Waals surface area (Å²) in [5.41, 5.74) is 0.359. The highest BCUT2D eigenvalue weighted by Gasteiger charge is 2.50. The third kappa shape index (κ3) is 3.05. The minimum absolute atomic E-state index is 0.0500. The molecule has 0 aliphatic heterocycles. The monoisotopic (exact) mass is 330 g/mol. The summed E-state index contributed by atoms with van der Waals surface area (Å²) in [6.45, 7) is 4.80. The topological polar surface area (TPSA) is 60.4 Å². The lowest BCUT2D eigenvalue weighted by Crippen LogP contribution is -2.42. The second kappa shape index (κ2) is 6.79. The Labute approximate surface area is 136 Å². The fourth-order valence-electron chi connectivity index (χ4n) is 2.25. The van der Waals surface area contributed by atoms with Gasteiger partial charge in [0.05, 0.1) is 4.90 Å².